The van der Waals surface area contributed by atoms with Crippen LogP contribution in [0.15, 0.2) is 24.3 Å². The van der Waals surface area contributed by atoms with Crippen molar-refractivity contribution in [1.82, 2.24) is 15.1 Å². The van der Waals surface area contributed by atoms with Crippen molar-refractivity contribution in [1.29, 1.82) is 0 Å². The van der Waals surface area contributed by atoms with Crippen LogP contribution in [0, 0.1) is 5.41 Å². The summed E-state index contributed by atoms with van der Waals surface area (Å²) in [6.45, 7) is 8.23. The molecule has 0 unspecified atom stereocenters. The summed E-state index contributed by atoms with van der Waals surface area (Å²) >= 11 is 0. The summed E-state index contributed by atoms with van der Waals surface area (Å²) in [5, 5.41) is 2.51. The zero-order chi connectivity index (χ0) is 18.6. The molecule has 0 atom stereocenters. The Hall–Kier alpha value is -2.57. The molecule has 0 aliphatic carbocycles. The van der Waals surface area contributed by atoms with Gasteiger partial charge in [0.05, 0.1) is 0 Å². The molecule has 1 aromatic carbocycles. The van der Waals surface area contributed by atoms with Crippen LogP contribution in [-0.4, -0.2) is 53.8 Å². The summed E-state index contributed by atoms with van der Waals surface area (Å²) in [6, 6.07) is 6.49. The second-order valence-corrected chi connectivity index (χ2v) is 7.25. The molecule has 136 valence electrons. The first-order valence-corrected chi connectivity index (χ1v) is 8.39. The zero-order valence-electron chi connectivity index (χ0n) is 15.0. The molecule has 0 spiro atoms. The number of benzene rings is 1. The number of urea groups is 1. The van der Waals surface area contributed by atoms with E-state index in [1.54, 1.807) is 29.2 Å². The Bertz CT molecular complexity index is 641. The van der Waals surface area contributed by atoms with E-state index in [4.69, 9.17) is 5.73 Å². The molecule has 7 heteroatoms. The fourth-order valence-electron chi connectivity index (χ4n) is 2.72. The largest absolute Gasteiger partial charge is 0.352 e. The normalized spacial score (nSPS) is 15.0. The number of nitrogens with one attached hydrogen (secondary N) is 1. The number of hydrogen-bond acceptors (Lipinski definition) is 3. The number of primary amides is 1. The number of nitrogens with two attached hydrogens (primary N) is 1. The Morgan fingerprint density at radius 1 is 1.00 bits per heavy atom. The van der Waals surface area contributed by atoms with Crippen molar-refractivity contribution < 1.29 is 14.4 Å². The summed E-state index contributed by atoms with van der Waals surface area (Å²) in [5.74, 6) is 0.0724. The number of amides is 4. The van der Waals surface area contributed by atoms with Gasteiger partial charge in [-0.3, -0.25) is 9.59 Å². The SMILES string of the molecule is CC(C)(C)C(=O)N1CCN(C(=O)c2ccc(CNC(N)=O)cc2)CC1. The number of carbonyl (C=O) groups is 3. The predicted molar refractivity (Wildman–Crippen MR) is 94.8 cm³/mol. The minimum atomic E-state index is -0.581. The molecule has 1 aliphatic rings. The first-order chi connectivity index (χ1) is 11.7. The van der Waals surface area contributed by atoms with Crippen molar-refractivity contribution in [2.75, 3.05) is 26.2 Å². The summed E-state index contributed by atoms with van der Waals surface area (Å²) in [5.41, 5.74) is 6.10. The molecule has 1 saturated heterocycles. The van der Waals surface area contributed by atoms with Crippen LogP contribution in [0.2, 0.25) is 0 Å². The molecule has 1 aromatic rings. The van der Waals surface area contributed by atoms with Crippen LogP contribution in [0.4, 0.5) is 4.79 Å². The van der Waals surface area contributed by atoms with Gasteiger partial charge in [0.1, 0.15) is 0 Å². The fraction of sp³-hybridized carbons (Fsp3) is 0.500. The third-order valence-corrected chi connectivity index (χ3v) is 4.16. The lowest BCUT2D eigenvalue weighted by Crippen LogP contribution is -2.53. The Labute approximate surface area is 148 Å². The molecular weight excluding hydrogens is 320 g/mol. The smallest absolute Gasteiger partial charge is 0.312 e. The monoisotopic (exact) mass is 346 g/mol. The summed E-state index contributed by atoms with van der Waals surface area (Å²) < 4.78 is 0. The number of nitrogens with zero attached hydrogens (tertiary/aromatic N) is 2. The van der Waals surface area contributed by atoms with Gasteiger partial charge in [0.15, 0.2) is 0 Å². The van der Waals surface area contributed by atoms with E-state index >= 15 is 0 Å². The summed E-state index contributed by atoms with van der Waals surface area (Å²) in [4.78, 5) is 39.2. The van der Waals surface area contributed by atoms with Gasteiger partial charge in [-0.1, -0.05) is 32.9 Å². The molecule has 4 amide bonds. The molecular formula is C18H26N4O3. The third-order valence-electron chi connectivity index (χ3n) is 4.16. The van der Waals surface area contributed by atoms with Gasteiger partial charge in [-0.05, 0) is 17.7 Å². The molecule has 3 N–H and O–H groups in total. The molecule has 0 radical (unpaired) electrons. The minimum absolute atomic E-state index is 0.0442. The molecule has 25 heavy (non-hydrogen) atoms. The lowest BCUT2D eigenvalue weighted by Gasteiger charge is -2.37. The van der Waals surface area contributed by atoms with Crippen LogP contribution in [0.1, 0.15) is 36.7 Å². The molecule has 0 saturated carbocycles. The minimum Gasteiger partial charge on any atom is -0.352 e. The average Bonchev–Trinajstić information content (AvgIpc) is 2.58. The first-order valence-electron chi connectivity index (χ1n) is 8.39. The van der Waals surface area contributed by atoms with Crippen LogP contribution >= 0.6 is 0 Å². The van der Waals surface area contributed by atoms with Crippen LogP contribution in [0.25, 0.3) is 0 Å². The maximum Gasteiger partial charge on any atom is 0.312 e. The zero-order valence-corrected chi connectivity index (χ0v) is 15.0. The molecule has 1 heterocycles. The van der Waals surface area contributed by atoms with E-state index in [-0.39, 0.29) is 11.8 Å². The first kappa shape index (κ1) is 18.8. The number of carbonyl (C=O) groups excluding carboxylic acids is 3. The van der Waals surface area contributed by atoms with Crippen molar-refractivity contribution in [2.24, 2.45) is 11.1 Å². The standard InChI is InChI=1S/C18H26N4O3/c1-18(2,3)16(24)22-10-8-21(9-11-22)15(23)14-6-4-13(5-7-14)12-20-17(19)25/h4-7H,8-12H2,1-3H3,(H3,19,20,25). The average molecular weight is 346 g/mol. The van der Waals surface area contributed by atoms with E-state index in [1.165, 1.54) is 0 Å². The van der Waals surface area contributed by atoms with E-state index in [0.717, 1.165) is 5.56 Å². The Morgan fingerprint density at radius 3 is 2.00 bits per heavy atom. The van der Waals surface area contributed by atoms with Crippen molar-refractivity contribution in [3.63, 3.8) is 0 Å². The molecule has 7 nitrogen and oxygen atoms in total. The third kappa shape index (κ3) is 4.95. The lowest BCUT2D eigenvalue weighted by molar-refractivity contribution is -0.140. The van der Waals surface area contributed by atoms with Crippen LogP contribution in [0.5, 0.6) is 0 Å². The van der Waals surface area contributed by atoms with Crippen LogP contribution in [-0.2, 0) is 11.3 Å². The van der Waals surface area contributed by atoms with Crippen molar-refractivity contribution in [3.05, 3.63) is 35.4 Å². The van der Waals surface area contributed by atoms with E-state index in [9.17, 15) is 14.4 Å². The van der Waals surface area contributed by atoms with Gasteiger partial charge in [-0.25, -0.2) is 4.79 Å². The molecule has 1 fully saturated rings. The van der Waals surface area contributed by atoms with E-state index in [2.05, 4.69) is 5.32 Å². The molecule has 1 aliphatic heterocycles. The van der Waals surface area contributed by atoms with Crippen molar-refractivity contribution in [3.8, 4) is 0 Å². The Morgan fingerprint density at radius 2 is 1.52 bits per heavy atom. The number of hydrogen-bond donors (Lipinski definition) is 2. The van der Waals surface area contributed by atoms with Gasteiger partial charge in [0.2, 0.25) is 5.91 Å². The Kier molecular flexibility index (Phi) is 5.66. The van der Waals surface area contributed by atoms with Gasteiger partial charge >= 0.3 is 6.03 Å². The van der Waals surface area contributed by atoms with Gasteiger partial charge in [0, 0.05) is 43.7 Å². The van der Waals surface area contributed by atoms with Gasteiger partial charge in [0.25, 0.3) is 5.91 Å². The van der Waals surface area contributed by atoms with Gasteiger partial charge < -0.3 is 20.9 Å². The number of rotatable bonds is 3. The number of piperazine rings is 1. The Balaban J connectivity index is 1.92. The summed E-state index contributed by atoms with van der Waals surface area (Å²) in [6.07, 6.45) is 0. The van der Waals surface area contributed by atoms with Crippen LogP contribution in [0.3, 0.4) is 0 Å². The lowest BCUT2D eigenvalue weighted by atomic mass is 9.94. The summed E-state index contributed by atoms with van der Waals surface area (Å²) in [7, 11) is 0. The topological polar surface area (TPSA) is 95.7 Å². The highest BCUT2D eigenvalue weighted by Gasteiger charge is 2.31. The predicted octanol–water partition coefficient (Wildman–Crippen LogP) is 1.19. The highest BCUT2D eigenvalue weighted by molar-refractivity contribution is 5.94. The van der Waals surface area contributed by atoms with Crippen molar-refractivity contribution >= 4 is 17.8 Å². The van der Waals surface area contributed by atoms with E-state index in [0.29, 0.717) is 38.3 Å². The molecule has 0 aromatic heterocycles. The van der Waals surface area contributed by atoms with Crippen molar-refractivity contribution in [2.45, 2.75) is 27.3 Å². The maximum atomic E-state index is 12.6. The van der Waals surface area contributed by atoms with E-state index < -0.39 is 11.4 Å². The van der Waals surface area contributed by atoms with E-state index in [1.807, 2.05) is 25.7 Å². The second-order valence-electron chi connectivity index (χ2n) is 7.25. The molecule has 2 rings (SSSR count). The van der Waals surface area contributed by atoms with Gasteiger partial charge in [-0.2, -0.15) is 0 Å². The van der Waals surface area contributed by atoms with Gasteiger partial charge in [-0.15, -0.1) is 0 Å². The molecule has 0 bridgehead atoms. The fourth-order valence-corrected chi connectivity index (χ4v) is 2.72. The highest BCUT2D eigenvalue weighted by Crippen LogP contribution is 2.19. The second kappa shape index (κ2) is 7.55. The highest BCUT2D eigenvalue weighted by atomic mass is 16.2. The quantitative estimate of drug-likeness (QED) is 0.860. The van der Waals surface area contributed by atoms with Crippen LogP contribution < -0.4 is 11.1 Å². The maximum absolute atomic E-state index is 12.6.